The molecule has 0 aromatic heterocycles. The van der Waals surface area contributed by atoms with E-state index >= 15 is 0 Å². The van der Waals surface area contributed by atoms with Crippen LogP contribution in [0.2, 0.25) is 0 Å². The predicted molar refractivity (Wildman–Crippen MR) is 136 cm³/mol. The summed E-state index contributed by atoms with van der Waals surface area (Å²) >= 11 is 0. The average molecular weight is 461 g/mol. The maximum atomic E-state index is 11.8. The number of fused-ring (bicyclic) bond motifs is 5. The first-order valence-corrected chi connectivity index (χ1v) is 13.8. The molecule has 0 saturated heterocycles. The highest BCUT2D eigenvalue weighted by atomic mass is 16.3. The van der Waals surface area contributed by atoms with Gasteiger partial charge in [0.15, 0.2) is 0 Å². The normalized spacial score (nSPS) is 50.5. The van der Waals surface area contributed by atoms with Gasteiger partial charge in [-0.3, -0.25) is 0 Å². The van der Waals surface area contributed by atoms with Crippen molar-refractivity contribution in [3.63, 3.8) is 0 Å². The van der Waals surface area contributed by atoms with Crippen LogP contribution in [0.1, 0.15) is 113 Å². The lowest BCUT2D eigenvalue weighted by atomic mass is 9.35. The van der Waals surface area contributed by atoms with Gasteiger partial charge in [0.05, 0.1) is 17.8 Å². The van der Waals surface area contributed by atoms with Crippen molar-refractivity contribution in [3.05, 3.63) is 11.6 Å². The van der Waals surface area contributed by atoms with E-state index in [1.807, 2.05) is 6.92 Å². The maximum Gasteiger partial charge on any atom is 0.0654 e. The molecule has 0 aromatic carbocycles. The minimum atomic E-state index is -0.739. The van der Waals surface area contributed by atoms with Gasteiger partial charge >= 0.3 is 0 Å². The van der Waals surface area contributed by atoms with E-state index in [9.17, 15) is 15.3 Å². The van der Waals surface area contributed by atoms with E-state index in [2.05, 4.69) is 54.5 Å². The zero-order chi connectivity index (χ0) is 24.6. The van der Waals surface area contributed by atoms with Crippen molar-refractivity contribution in [2.45, 2.75) is 131 Å². The van der Waals surface area contributed by atoms with Gasteiger partial charge in [-0.2, -0.15) is 0 Å². The van der Waals surface area contributed by atoms with Crippen LogP contribution >= 0.6 is 0 Å². The van der Waals surface area contributed by atoms with Crippen LogP contribution in [-0.2, 0) is 0 Å². The summed E-state index contributed by atoms with van der Waals surface area (Å²) < 4.78 is 0. The molecule has 0 aliphatic heterocycles. The molecule has 4 rings (SSSR count). The van der Waals surface area contributed by atoms with Gasteiger partial charge in [-0.05, 0) is 124 Å². The van der Waals surface area contributed by atoms with E-state index < -0.39 is 5.60 Å². The lowest BCUT2D eigenvalue weighted by molar-refractivity contribution is -0.246. The Morgan fingerprint density at radius 3 is 2.18 bits per heavy atom. The first-order chi connectivity index (χ1) is 15.1. The molecule has 3 N–H and O–H groups in total. The molecule has 10 atom stereocenters. The molecule has 4 unspecified atom stereocenters. The zero-order valence-corrected chi connectivity index (χ0v) is 22.7. The highest BCUT2D eigenvalue weighted by Gasteiger charge is 2.71. The Kier molecular flexibility index (Phi) is 6.28. The molecule has 0 amide bonds. The smallest absolute Gasteiger partial charge is 0.0654 e. The van der Waals surface area contributed by atoms with Gasteiger partial charge in [0.2, 0.25) is 0 Å². The van der Waals surface area contributed by atoms with Gasteiger partial charge in [-0.15, -0.1) is 0 Å². The molecule has 4 aliphatic rings. The molecular weight excluding hydrogens is 408 g/mol. The van der Waals surface area contributed by atoms with Crippen LogP contribution < -0.4 is 0 Å². The summed E-state index contributed by atoms with van der Waals surface area (Å²) in [5.74, 6) is 1.31. The van der Waals surface area contributed by atoms with E-state index in [1.54, 1.807) is 0 Å². The van der Waals surface area contributed by atoms with Gasteiger partial charge in [-0.25, -0.2) is 0 Å². The molecule has 33 heavy (non-hydrogen) atoms. The van der Waals surface area contributed by atoms with Gasteiger partial charge < -0.3 is 15.3 Å². The van der Waals surface area contributed by atoms with Crippen molar-refractivity contribution >= 4 is 0 Å². The van der Waals surface area contributed by atoms with E-state index in [0.29, 0.717) is 11.8 Å². The number of aliphatic hydroxyl groups is 3. The van der Waals surface area contributed by atoms with Crippen molar-refractivity contribution in [1.29, 1.82) is 0 Å². The lowest BCUT2D eigenvalue weighted by Crippen LogP contribution is -2.66. The monoisotopic (exact) mass is 460 g/mol. The quantitative estimate of drug-likeness (QED) is 0.420. The van der Waals surface area contributed by atoms with Gasteiger partial charge in [0.1, 0.15) is 0 Å². The summed E-state index contributed by atoms with van der Waals surface area (Å²) in [4.78, 5) is 0. The predicted octanol–water partition coefficient (Wildman–Crippen LogP) is 6.50. The van der Waals surface area contributed by atoms with E-state index in [4.69, 9.17) is 0 Å². The van der Waals surface area contributed by atoms with Crippen LogP contribution in [-0.4, -0.2) is 33.1 Å². The fraction of sp³-hybridized carbons (Fsp3) is 0.933. The average Bonchev–Trinajstić information content (AvgIpc) is 3.08. The Balaban J connectivity index is 1.66. The van der Waals surface area contributed by atoms with Crippen LogP contribution in [0.4, 0.5) is 0 Å². The molecule has 0 aromatic rings. The molecule has 0 heterocycles. The summed E-state index contributed by atoms with van der Waals surface area (Å²) in [5, 5.41) is 34.3. The van der Waals surface area contributed by atoms with Gasteiger partial charge in [0.25, 0.3) is 0 Å². The fourth-order valence-electron chi connectivity index (χ4n) is 10.3. The summed E-state index contributed by atoms with van der Waals surface area (Å²) in [5.41, 5.74) is 0.885. The molecule has 4 saturated carbocycles. The second-order valence-corrected chi connectivity index (χ2v) is 14.5. The van der Waals surface area contributed by atoms with Crippen molar-refractivity contribution < 1.29 is 15.3 Å². The number of aliphatic hydroxyl groups excluding tert-OH is 2. The summed E-state index contributed by atoms with van der Waals surface area (Å²) in [6, 6.07) is 0. The van der Waals surface area contributed by atoms with E-state index in [1.165, 1.54) is 18.4 Å². The zero-order valence-electron chi connectivity index (χ0n) is 22.7. The molecule has 4 fully saturated rings. The van der Waals surface area contributed by atoms with Gasteiger partial charge in [-0.1, -0.05) is 46.3 Å². The Labute approximate surface area is 203 Å². The first-order valence-electron chi connectivity index (χ1n) is 13.8. The van der Waals surface area contributed by atoms with Gasteiger partial charge in [0, 0.05) is 0 Å². The standard InChI is InChI=1S/C30H52O3/c1-19(2)10-9-14-30(8,33)20-11-16-29(7)25(20)21(31)18-23-27(5)15-13-24(32)26(3,4)22(27)12-17-28(23,29)6/h10,20-25,31-33H,9,11-18H2,1-8H3/t20?,21-,22?,23?,24+,25?,27+,28-,29-,30+/m1/s1. The fourth-order valence-corrected chi connectivity index (χ4v) is 10.3. The SMILES string of the molecule is CC(C)=CCC[C@](C)(O)C1CC[C@]2(C)C1[C@H](O)CC1[C@@]3(C)CC[C@H](O)C(C)(C)C3CC[C@]12C. The number of allylic oxidation sites excluding steroid dienone is 2. The Hall–Kier alpha value is -0.380. The van der Waals surface area contributed by atoms with Crippen molar-refractivity contribution in [2.24, 2.45) is 45.3 Å². The third-order valence-electron chi connectivity index (χ3n) is 12.4. The highest BCUT2D eigenvalue weighted by Crippen LogP contribution is 2.75. The lowest BCUT2D eigenvalue weighted by Gasteiger charge is -2.70. The van der Waals surface area contributed by atoms with E-state index in [0.717, 1.165) is 44.9 Å². The molecule has 0 radical (unpaired) electrons. The van der Waals surface area contributed by atoms with Crippen LogP contribution in [0.3, 0.4) is 0 Å². The Morgan fingerprint density at radius 1 is 0.909 bits per heavy atom. The summed E-state index contributed by atoms with van der Waals surface area (Å²) in [7, 11) is 0. The first kappa shape index (κ1) is 25.7. The number of rotatable bonds is 4. The number of hydrogen-bond acceptors (Lipinski definition) is 3. The molecule has 0 bridgehead atoms. The van der Waals surface area contributed by atoms with Crippen LogP contribution in [0.15, 0.2) is 11.6 Å². The van der Waals surface area contributed by atoms with Crippen LogP contribution in [0, 0.1) is 45.3 Å². The van der Waals surface area contributed by atoms with Crippen LogP contribution in [0.5, 0.6) is 0 Å². The van der Waals surface area contributed by atoms with Crippen LogP contribution in [0.25, 0.3) is 0 Å². The topological polar surface area (TPSA) is 60.7 Å². The highest BCUT2D eigenvalue weighted by molar-refractivity contribution is 5.20. The van der Waals surface area contributed by atoms with E-state index in [-0.39, 0.29) is 45.7 Å². The summed E-state index contributed by atoms with van der Waals surface area (Å²) in [6.07, 6.45) is 10.6. The second-order valence-electron chi connectivity index (χ2n) is 14.5. The molecule has 3 nitrogen and oxygen atoms in total. The molecular formula is C30H52O3. The van der Waals surface area contributed by atoms with Crippen molar-refractivity contribution in [1.82, 2.24) is 0 Å². The number of hydrogen-bond donors (Lipinski definition) is 3. The Morgan fingerprint density at radius 2 is 1.55 bits per heavy atom. The minimum Gasteiger partial charge on any atom is -0.393 e. The third-order valence-corrected chi connectivity index (χ3v) is 12.4. The third kappa shape index (κ3) is 3.61. The minimum absolute atomic E-state index is 0.0503. The van der Waals surface area contributed by atoms with Crippen molar-refractivity contribution in [2.75, 3.05) is 0 Å². The second kappa shape index (κ2) is 8.07. The molecule has 190 valence electrons. The largest absolute Gasteiger partial charge is 0.393 e. The summed E-state index contributed by atoms with van der Waals surface area (Å²) in [6.45, 7) is 18.3. The maximum absolute atomic E-state index is 11.8. The van der Waals surface area contributed by atoms with Crippen molar-refractivity contribution in [3.8, 4) is 0 Å². The molecule has 0 spiro atoms. The Bertz CT molecular complexity index is 779. The molecule has 3 heteroatoms. The molecule has 4 aliphatic carbocycles.